The number of rotatable bonds is 9. The lowest BCUT2D eigenvalue weighted by Crippen LogP contribution is -2.00. The van der Waals surface area contributed by atoms with Crippen molar-refractivity contribution in [3.05, 3.63) is 38.5 Å². The van der Waals surface area contributed by atoms with Crippen LogP contribution in [0.25, 0.3) is 0 Å². The Morgan fingerprint density at radius 2 is 2.11 bits per heavy atom. The average Bonchev–Trinajstić information content (AvgIpc) is 3.08. The highest BCUT2D eigenvalue weighted by Gasteiger charge is 2.01. The molecule has 0 unspecified atom stereocenters. The van der Waals surface area contributed by atoms with Gasteiger partial charge < -0.3 is 4.74 Å². The number of nitrogens with zero attached hydrogens (tertiary/aromatic N) is 1. The van der Waals surface area contributed by atoms with E-state index in [0.29, 0.717) is 5.88 Å². The van der Waals surface area contributed by atoms with Gasteiger partial charge in [-0.2, -0.15) is 0 Å². The Labute approximate surface area is 127 Å². The van der Waals surface area contributed by atoms with Gasteiger partial charge in [0, 0.05) is 23.3 Å². The zero-order valence-corrected chi connectivity index (χ0v) is 13.2. The molecule has 0 aliphatic carbocycles. The van der Waals surface area contributed by atoms with Crippen molar-refractivity contribution in [1.82, 2.24) is 4.98 Å². The van der Waals surface area contributed by atoms with E-state index >= 15 is 0 Å². The minimum Gasteiger partial charge on any atom is -0.381 e. The van der Waals surface area contributed by atoms with Gasteiger partial charge in [-0.25, -0.2) is 4.98 Å². The second kappa shape index (κ2) is 8.69. The van der Waals surface area contributed by atoms with Crippen LogP contribution in [0.5, 0.6) is 0 Å². The molecule has 0 aromatic carbocycles. The predicted octanol–water partition coefficient (Wildman–Crippen LogP) is 4.53. The van der Waals surface area contributed by atoms with E-state index in [2.05, 4.69) is 22.5 Å². The van der Waals surface area contributed by atoms with Gasteiger partial charge in [0.25, 0.3) is 0 Å². The van der Waals surface area contributed by atoms with Crippen molar-refractivity contribution in [1.29, 1.82) is 0 Å². The van der Waals surface area contributed by atoms with E-state index in [4.69, 9.17) is 16.3 Å². The largest absolute Gasteiger partial charge is 0.381 e. The molecule has 0 saturated heterocycles. The van der Waals surface area contributed by atoms with Gasteiger partial charge in [-0.05, 0) is 30.7 Å². The first-order valence-electron chi connectivity index (χ1n) is 6.48. The molecule has 2 rings (SSSR count). The van der Waals surface area contributed by atoms with Crippen molar-refractivity contribution in [2.45, 2.75) is 31.6 Å². The van der Waals surface area contributed by atoms with Crippen LogP contribution in [0.15, 0.2) is 22.9 Å². The topological polar surface area (TPSA) is 22.1 Å². The van der Waals surface area contributed by atoms with E-state index < -0.39 is 0 Å². The standard InChI is InChI=1S/C14H18ClNOS2/c15-10-12-11-19-14(16-12)5-1-2-7-17-8-6-13-4-3-9-18-13/h3-4,9,11H,1-2,5-8,10H2. The third kappa shape index (κ3) is 5.61. The summed E-state index contributed by atoms with van der Waals surface area (Å²) in [5, 5.41) is 5.34. The third-order valence-electron chi connectivity index (χ3n) is 2.74. The smallest absolute Gasteiger partial charge is 0.0928 e. The van der Waals surface area contributed by atoms with Crippen LogP contribution in [0.3, 0.4) is 0 Å². The van der Waals surface area contributed by atoms with Crippen LogP contribution < -0.4 is 0 Å². The summed E-state index contributed by atoms with van der Waals surface area (Å²) in [7, 11) is 0. The molecule has 104 valence electrons. The molecule has 2 aromatic heterocycles. The van der Waals surface area contributed by atoms with Crippen molar-refractivity contribution >= 4 is 34.3 Å². The van der Waals surface area contributed by atoms with Gasteiger partial charge in [-0.15, -0.1) is 34.3 Å². The molecule has 0 amide bonds. The number of ether oxygens (including phenoxy) is 1. The summed E-state index contributed by atoms with van der Waals surface area (Å²) in [6.07, 6.45) is 4.30. The number of aromatic nitrogens is 1. The van der Waals surface area contributed by atoms with Crippen LogP contribution in [0.2, 0.25) is 0 Å². The Bertz CT molecular complexity index is 456. The number of thiophene rings is 1. The van der Waals surface area contributed by atoms with E-state index in [0.717, 1.165) is 44.6 Å². The minimum atomic E-state index is 0.516. The first-order chi connectivity index (χ1) is 9.38. The van der Waals surface area contributed by atoms with Crippen LogP contribution in [-0.2, 0) is 23.5 Å². The highest BCUT2D eigenvalue weighted by molar-refractivity contribution is 7.10. The van der Waals surface area contributed by atoms with E-state index in [-0.39, 0.29) is 0 Å². The summed E-state index contributed by atoms with van der Waals surface area (Å²) >= 11 is 9.23. The van der Waals surface area contributed by atoms with E-state index in [1.54, 1.807) is 22.7 Å². The Morgan fingerprint density at radius 3 is 2.84 bits per heavy atom. The van der Waals surface area contributed by atoms with Gasteiger partial charge in [-0.3, -0.25) is 0 Å². The Balaban J connectivity index is 1.48. The molecule has 0 aliphatic rings. The van der Waals surface area contributed by atoms with Crippen LogP contribution in [0.1, 0.15) is 28.4 Å². The molecule has 2 heterocycles. The first-order valence-corrected chi connectivity index (χ1v) is 8.77. The summed E-state index contributed by atoms with van der Waals surface area (Å²) in [6, 6.07) is 4.24. The lowest BCUT2D eigenvalue weighted by molar-refractivity contribution is 0.134. The molecule has 0 spiro atoms. The summed E-state index contributed by atoms with van der Waals surface area (Å²) in [4.78, 5) is 5.84. The number of aryl methyl sites for hydroxylation is 1. The molecular formula is C14H18ClNOS2. The number of thiazole rings is 1. The summed E-state index contributed by atoms with van der Waals surface area (Å²) in [5.74, 6) is 0.516. The van der Waals surface area contributed by atoms with E-state index in [9.17, 15) is 0 Å². The monoisotopic (exact) mass is 315 g/mol. The molecule has 0 saturated carbocycles. The fourth-order valence-electron chi connectivity index (χ4n) is 1.74. The van der Waals surface area contributed by atoms with Gasteiger partial charge in [0.15, 0.2) is 0 Å². The first kappa shape index (κ1) is 15.0. The zero-order valence-electron chi connectivity index (χ0n) is 10.8. The molecule has 0 atom stereocenters. The summed E-state index contributed by atoms with van der Waals surface area (Å²) in [6.45, 7) is 1.67. The molecule has 0 radical (unpaired) electrons. The van der Waals surface area contributed by atoms with Gasteiger partial charge in [0.05, 0.1) is 23.2 Å². The van der Waals surface area contributed by atoms with Crippen LogP contribution in [-0.4, -0.2) is 18.2 Å². The Hall–Kier alpha value is -0.420. The predicted molar refractivity (Wildman–Crippen MR) is 83.5 cm³/mol. The molecule has 0 N–H and O–H groups in total. The lowest BCUT2D eigenvalue weighted by Gasteiger charge is -2.02. The van der Waals surface area contributed by atoms with Crippen LogP contribution >= 0.6 is 34.3 Å². The molecule has 0 aliphatic heterocycles. The van der Waals surface area contributed by atoms with E-state index in [1.807, 2.05) is 5.38 Å². The molecule has 0 bridgehead atoms. The highest BCUT2D eigenvalue weighted by Crippen LogP contribution is 2.14. The molecular weight excluding hydrogens is 298 g/mol. The lowest BCUT2D eigenvalue weighted by atomic mass is 10.2. The van der Waals surface area contributed by atoms with Crippen molar-refractivity contribution in [3.8, 4) is 0 Å². The zero-order chi connectivity index (χ0) is 13.3. The van der Waals surface area contributed by atoms with Gasteiger partial charge >= 0.3 is 0 Å². The SMILES string of the molecule is ClCc1csc(CCCCOCCc2cccs2)n1. The van der Waals surface area contributed by atoms with Crippen LogP contribution in [0, 0.1) is 0 Å². The van der Waals surface area contributed by atoms with Crippen molar-refractivity contribution in [2.75, 3.05) is 13.2 Å². The van der Waals surface area contributed by atoms with E-state index in [1.165, 1.54) is 9.88 Å². The summed E-state index contributed by atoms with van der Waals surface area (Å²) in [5.41, 5.74) is 0.994. The second-order valence-corrected chi connectivity index (χ2v) is 6.51. The molecule has 2 aromatic rings. The highest BCUT2D eigenvalue weighted by atomic mass is 35.5. The molecule has 5 heteroatoms. The maximum Gasteiger partial charge on any atom is 0.0928 e. The number of hydrogen-bond acceptors (Lipinski definition) is 4. The van der Waals surface area contributed by atoms with Crippen molar-refractivity contribution in [2.24, 2.45) is 0 Å². The fourth-order valence-corrected chi connectivity index (χ4v) is 3.49. The normalized spacial score (nSPS) is 11.0. The van der Waals surface area contributed by atoms with Gasteiger partial charge in [0.1, 0.15) is 0 Å². The second-order valence-electron chi connectivity index (χ2n) is 4.27. The van der Waals surface area contributed by atoms with Crippen molar-refractivity contribution in [3.63, 3.8) is 0 Å². The van der Waals surface area contributed by atoms with Crippen LogP contribution in [0.4, 0.5) is 0 Å². The number of unbranched alkanes of at least 4 members (excludes halogenated alkanes) is 1. The summed E-state index contributed by atoms with van der Waals surface area (Å²) < 4.78 is 5.64. The van der Waals surface area contributed by atoms with Gasteiger partial charge in [0.2, 0.25) is 0 Å². The maximum atomic E-state index is 5.73. The molecule has 0 fully saturated rings. The number of halogens is 1. The Kier molecular flexibility index (Phi) is 6.85. The maximum absolute atomic E-state index is 5.73. The number of alkyl halides is 1. The number of hydrogen-bond donors (Lipinski definition) is 0. The quantitative estimate of drug-likeness (QED) is 0.501. The third-order valence-corrected chi connectivity index (χ3v) is 4.91. The average molecular weight is 316 g/mol. The van der Waals surface area contributed by atoms with Gasteiger partial charge in [-0.1, -0.05) is 6.07 Å². The minimum absolute atomic E-state index is 0.516. The molecule has 19 heavy (non-hydrogen) atoms. The molecule has 2 nitrogen and oxygen atoms in total. The Morgan fingerprint density at radius 1 is 1.16 bits per heavy atom. The van der Waals surface area contributed by atoms with Crippen molar-refractivity contribution < 1.29 is 4.74 Å². The fraction of sp³-hybridized carbons (Fsp3) is 0.500.